The van der Waals surface area contributed by atoms with Crippen molar-refractivity contribution in [2.45, 2.75) is 6.43 Å². The standard InChI is InChI=1S/C13H7F2N3O4/c14-10(15)8-5-9(17-16-8)13(21)22-18-11(19)6-3-1-2-4-7(6)12(18)20/h1-5,10H,(H,16,17). The summed E-state index contributed by atoms with van der Waals surface area (Å²) in [5, 5.41) is 5.59. The molecule has 0 fully saturated rings. The molecule has 0 atom stereocenters. The summed E-state index contributed by atoms with van der Waals surface area (Å²) >= 11 is 0. The molecule has 2 amide bonds. The Hall–Kier alpha value is -3.10. The lowest BCUT2D eigenvalue weighted by atomic mass is 10.1. The molecule has 7 nitrogen and oxygen atoms in total. The number of hydroxylamine groups is 2. The van der Waals surface area contributed by atoms with Gasteiger partial charge in [-0.1, -0.05) is 17.2 Å². The summed E-state index contributed by atoms with van der Waals surface area (Å²) in [6, 6.07) is 6.71. The number of amides is 2. The van der Waals surface area contributed by atoms with E-state index in [1.807, 2.05) is 5.10 Å². The van der Waals surface area contributed by atoms with Crippen LogP contribution in [0.25, 0.3) is 0 Å². The van der Waals surface area contributed by atoms with Gasteiger partial charge in [0, 0.05) is 0 Å². The number of aromatic nitrogens is 2. The minimum atomic E-state index is -2.84. The highest BCUT2D eigenvalue weighted by molar-refractivity contribution is 6.21. The third-order valence-electron chi connectivity index (χ3n) is 2.97. The first-order valence-corrected chi connectivity index (χ1v) is 6.02. The molecule has 2 aromatic rings. The smallest absolute Gasteiger partial charge is 0.322 e. The summed E-state index contributed by atoms with van der Waals surface area (Å²) < 4.78 is 24.8. The molecule has 0 saturated heterocycles. The van der Waals surface area contributed by atoms with E-state index in [0.29, 0.717) is 0 Å². The predicted octanol–water partition coefficient (Wildman–Crippen LogP) is 1.72. The average Bonchev–Trinajstić information content (AvgIpc) is 3.08. The van der Waals surface area contributed by atoms with Crippen molar-refractivity contribution >= 4 is 17.8 Å². The minimum absolute atomic E-state index is 0.0931. The lowest BCUT2D eigenvalue weighted by Gasteiger charge is -2.11. The number of alkyl halides is 2. The highest BCUT2D eigenvalue weighted by Gasteiger charge is 2.39. The maximum atomic E-state index is 12.4. The van der Waals surface area contributed by atoms with Crippen molar-refractivity contribution in [3.8, 4) is 0 Å². The number of hydrogen-bond donors (Lipinski definition) is 1. The van der Waals surface area contributed by atoms with Crippen LogP contribution in [0.3, 0.4) is 0 Å². The zero-order valence-electron chi connectivity index (χ0n) is 10.7. The fraction of sp³-hybridized carbons (Fsp3) is 0.0769. The Balaban J connectivity index is 1.80. The molecule has 0 unspecified atom stereocenters. The van der Waals surface area contributed by atoms with E-state index in [-0.39, 0.29) is 16.2 Å². The second-order valence-corrected chi connectivity index (χ2v) is 4.34. The van der Waals surface area contributed by atoms with Crippen LogP contribution in [-0.2, 0) is 4.84 Å². The zero-order valence-corrected chi connectivity index (χ0v) is 10.7. The maximum absolute atomic E-state index is 12.4. The van der Waals surface area contributed by atoms with Crippen LogP contribution < -0.4 is 0 Å². The number of nitrogens with one attached hydrogen (secondary N) is 1. The van der Waals surface area contributed by atoms with Gasteiger partial charge in [-0.05, 0) is 18.2 Å². The molecule has 0 saturated carbocycles. The van der Waals surface area contributed by atoms with Crippen molar-refractivity contribution in [3.63, 3.8) is 0 Å². The number of hydrogen-bond acceptors (Lipinski definition) is 5. The SMILES string of the molecule is O=C(ON1C(=O)c2ccccc2C1=O)c1cc(C(F)F)[nH]n1. The van der Waals surface area contributed by atoms with Crippen molar-refractivity contribution in [1.82, 2.24) is 15.3 Å². The van der Waals surface area contributed by atoms with Gasteiger partial charge in [0.25, 0.3) is 18.2 Å². The molecule has 1 aromatic carbocycles. The number of carbonyl (C=O) groups is 3. The summed E-state index contributed by atoms with van der Waals surface area (Å²) in [5.41, 5.74) is -0.854. The van der Waals surface area contributed by atoms with Gasteiger partial charge in [-0.2, -0.15) is 5.10 Å². The van der Waals surface area contributed by atoms with Crippen LogP contribution in [0.5, 0.6) is 0 Å². The first kappa shape index (κ1) is 13.9. The van der Waals surface area contributed by atoms with Crippen LogP contribution in [0.15, 0.2) is 30.3 Å². The van der Waals surface area contributed by atoms with Gasteiger partial charge in [-0.25, -0.2) is 13.6 Å². The maximum Gasteiger partial charge on any atom is 0.384 e. The summed E-state index contributed by atoms with van der Waals surface area (Å²) in [7, 11) is 0. The normalized spacial score (nSPS) is 13.7. The fourth-order valence-corrected chi connectivity index (χ4v) is 1.93. The third kappa shape index (κ3) is 2.12. The van der Waals surface area contributed by atoms with E-state index >= 15 is 0 Å². The molecular formula is C13H7F2N3O4. The Morgan fingerprint density at radius 2 is 1.77 bits per heavy atom. The van der Waals surface area contributed by atoms with Crippen LogP contribution in [0.2, 0.25) is 0 Å². The molecule has 0 aliphatic carbocycles. The van der Waals surface area contributed by atoms with Crippen molar-refractivity contribution in [2.24, 2.45) is 0 Å². The lowest BCUT2D eigenvalue weighted by Crippen LogP contribution is -2.32. The van der Waals surface area contributed by atoms with E-state index in [1.54, 1.807) is 12.1 Å². The summed E-state index contributed by atoms with van der Waals surface area (Å²) in [4.78, 5) is 40.4. The second-order valence-electron chi connectivity index (χ2n) is 4.34. The topological polar surface area (TPSA) is 92.4 Å². The molecular weight excluding hydrogens is 300 g/mol. The van der Waals surface area contributed by atoms with Gasteiger partial charge < -0.3 is 4.84 Å². The van der Waals surface area contributed by atoms with Gasteiger partial charge in [0.15, 0.2) is 5.69 Å². The molecule has 1 aliphatic heterocycles. The van der Waals surface area contributed by atoms with E-state index in [1.165, 1.54) is 12.1 Å². The van der Waals surface area contributed by atoms with Crippen LogP contribution in [-0.4, -0.2) is 33.0 Å². The van der Waals surface area contributed by atoms with Gasteiger partial charge >= 0.3 is 5.97 Å². The quantitative estimate of drug-likeness (QED) is 0.872. The molecule has 1 aliphatic rings. The Labute approximate surface area is 121 Å². The van der Waals surface area contributed by atoms with E-state index in [4.69, 9.17) is 0 Å². The van der Waals surface area contributed by atoms with Gasteiger partial charge in [0.05, 0.1) is 11.1 Å². The van der Waals surface area contributed by atoms with Gasteiger partial charge in [0.2, 0.25) is 0 Å². The van der Waals surface area contributed by atoms with Crippen molar-refractivity contribution in [2.75, 3.05) is 0 Å². The minimum Gasteiger partial charge on any atom is -0.322 e. The molecule has 1 aromatic heterocycles. The molecule has 0 bridgehead atoms. The molecule has 22 heavy (non-hydrogen) atoms. The Kier molecular flexibility index (Phi) is 3.17. The lowest BCUT2D eigenvalue weighted by molar-refractivity contribution is -0.0588. The molecule has 0 radical (unpaired) electrons. The number of aromatic amines is 1. The van der Waals surface area contributed by atoms with Crippen LogP contribution in [0, 0.1) is 0 Å². The van der Waals surface area contributed by atoms with Gasteiger partial charge in [-0.3, -0.25) is 14.7 Å². The third-order valence-corrected chi connectivity index (χ3v) is 2.97. The highest BCUT2D eigenvalue weighted by Crippen LogP contribution is 2.23. The average molecular weight is 307 g/mol. The number of carbonyl (C=O) groups excluding carboxylic acids is 3. The molecule has 3 rings (SSSR count). The van der Waals surface area contributed by atoms with E-state index in [9.17, 15) is 23.2 Å². The van der Waals surface area contributed by atoms with E-state index in [2.05, 4.69) is 9.94 Å². The Morgan fingerprint density at radius 3 is 2.27 bits per heavy atom. The number of H-pyrrole nitrogens is 1. The van der Waals surface area contributed by atoms with Crippen LogP contribution in [0.4, 0.5) is 8.78 Å². The van der Waals surface area contributed by atoms with Crippen molar-refractivity contribution < 1.29 is 28.0 Å². The zero-order chi connectivity index (χ0) is 15.9. The number of nitrogens with zero attached hydrogens (tertiary/aromatic N) is 2. The summed E-state index contributed by atoms with van der Waals surface area (Å²) in [5.74, 6) is -2.81. The predicted molar refractivity (Wildman–Crippen MR) is 65.9 cm³/mol. The van der Waals surface area contributed by atoms with Gasteiger partial charge in [-0.15, -0.1) is 0 Å². The molecule has 9 heteroatoms. The second kappa shape index (κ2) is 5.02. The first-order chi connectivity index (χ1) is 10.5. The molecule has 1 N–H and O–H groups in total. The Bertz CT molecular complexity index is 752. The van der Waals surface area contributed by atoms with Crippen molar-refractivity contribution in [1.29, 1.82) is 0 Å². The largest absolute Gasteiger partial charge is 0.384 e. The Morgan fingerprint density at radius 1 is 1.18 bits per heavy atom. The molecule has 112 valence electrons. The van der Waals surface area contributed by atoms with Crippen molar-refractivity contribution in [3.05, 3.63) is 52.8 Å². The van der Waals surface area contributed by atoms with E-state index in [0.717, 1.165) is 6.07 Å². The number of fused-ring (bicyclic) bond motifs is 1. The van der Waals surface area contributed by atoms with Crippen LogP contribution in [0.1, 0.15) is 43.3 Å². The van der Waals surface area contributed by atoms with Gasteiger partial charge in [0.1, 0.15) is 5.69 Å². The summed E-state index contributed by atoms with van der Waals surface area (Å²) in [6.07, 6.45) is -2.84. The number of halogens is 2. The van der Waals surface area contributed by atoms with Crippen LogP contribution >= 0.6 is 0 Å². The van der Waals surface area contributed by atoms with E-state index < -0.39 is 35.6 Å². The highest BCUT2D eigenvalue weighted by atomic mass is 19.3. The number of rotatable bonds is 3. The monoisotopic (exact) mass is 307 g/mol. The number of benzene rings is 1. The number of imide groups is 1. The fourth-order valence-electron chi connectivity index (χ4n) is 1.93. The summed E-state index contributed by atoms with van der Waals surface area (Å²) in [6.45, 7) is 0. The first-order valence-electron chi connectivity index (χ1n) is 6.02. The molecule has 2 heterocycles. The molecule has 0 spiro atoms.